The summed E-state index contributed by atoms with van der Waals surface area (Å²) >= 11 is 0. The molecule has 0 radical (unpaired) electrons. The van der Waals surface area contributed by atoms with E-state index in [0.29, 0.717) is 0 Å². The van der Waals surface area contributed by atoms with Crippen LogP contribution in [0.4, 0.5) is 0 Å². The Morgan fingerprint density at radius 2 is 1.22 bits per heavy atom. The first-order valence-corrected chi connectivity index (χ1v) is 8.85. The average Bonchev–Trinajstić information content (AvgIpc) is 2.52. The number of allylic oxidation sites excluding steroid dienone is 8. The molecule has 0 amide bonds. The number of unbranched alkanes of at least 4 members (excludes halogenated alkanes) is 1. The van der Waals surface area contributed by atoms with Crippen LogP contribution in [0.5, 0.6) is 0 Å². The summed E-state index contributed by atoms with van der Waals surface area (Å²) in [6, 6.07) is 0. The van der Waals surface area contributed by atoms with Crippen LogP contribution in [0, 0.1) is 0 Å². The molecule has 23 heavy (non-hydrogen) atoms. The van der Waals surface area contributed by atoms with E-state index in [2.05, 4.69) is 51.7 Å². The Hall–Kier alpha value is -1.50. The largest absolute Gasteiger partial charge is 0.505 e. The lowest BCUT2D eigenvalue weighted by Gasteiger charge is -2.02. The maximum atomic E-state index is 4.90. The van der Waals surface area contributed by atoms with Crippen LogP contribution in [0.1, 0.15) is 72.1 Å². The molecule has 0 unspecified atom stereocenters. The summed E-state index contributed by atoms with van der Waals surface area (Å²) in [5.41, 5.74) is 4.47. The molecule has 0 aliphatic heterocycles. The van der Waals surface area contributed by atoms with Gasteiger partial charge in [0.1, 0.15) is 0 Å². The third kappa shape index (κ3) is 15.2. The van der Waals surface area contributed by atoms with Crippen molar-refractivity contribution < 1.29 is 4.74 Å². The average molecular weight is 317 g/mol. The number of ether oxygens (including phenoxy) is 1. The Morgan fingerprint density at radius 1 is 0.739 bits per heavy atom. The standard InChI is InChI=1S/C22H36O/c1-6-7-8-13-20(2)15-11-17-22(4)18-12-16-21(3)14-9-10-19-23-5/h6,10,13,16-17,19H,1,7-9,11-12,14-15,18H2,2-5H3/b19-10+,20-13+,21-16+,22-17+. The lowest BCUT2D eigenvalue weighted by Crippen LogP contribution is -1.82. The second-order valence-electron chi connectivity index (χ2n) is 6.24. The van der Waals surface area contributed by atoms with Crippen molar-refractivity contribution in [3.63, 3.8) is 0 Å². The lowest BCUT2D eigenvalue weighted by atomic mass is 10.0. The predicted molar refractivity (Wildman–Crippen MR) is 105 cm³/mol. The van der Waals surface area contributed by atoms with Gasteiger partial charge >= 0.3 is 0 Å². The quantitative estimate of drug-likeness (QED) is 0.197. The molecule has 0 saturated carbocycles. The van der Waals surface area contributed by atoms with Gasteiger partial charge in [0.2, 0.25) is 0 Å². The van der Waals surface area contributed by atoms with E-state index in [4.69, 9.17) is 4.74 Å². The normalized spacial score (nSPS) is 13.7. The van der Waals surface area contributed by atoms with Gasteiger partial charge in [0, 0.05) is 0 Å². The second kappa shape index (κ2) is 15.4. The molecule has 0 N–H and O–H groups in total. The molecule has 0 rings (SSSR count). The summed E-state index contributed by atoms with van der Waals surface area (Å²) in [7, 11) is 1.69. The zero-order valence-corrected chi connectivity index (χ0v) is 15.7. The topological polar surface area (TPSA) is 9.23 Å². The minimum Gasteiger partial charge on any atom is -0.505 e. The van der Waals surface area contributed by atoms with Gasteiger partial charge in [-0.15, -0.1) is 6.58 Å². The lowest BCUT2D eigenvalue weighted by molar-refractivity contribution is 0.336. The third-order valence-electron chi connectivity index (χ3n) is 3.86. The highest BCUT2D eigenvalue weighted by atomic mass is 16.5. The summed E-state index contributed by atoms with van der Waals surface area (Å²) in [6.07, 6.45) is 22.0. The van der Waals surface area contributed by atoms with Gasteiger partial charge < -0.3 is 4.74 Å². The van der Waals surface area contributed by atoms with Crippen LogP contribution in [-0.2, 0) is 4.74 Å². The van der Waals surface area contributed by atoms with E-state index >= 15 is 0 Å². The third-order valence-corrected chi connectivity index (χ3v) is 3.86. The van der Waals surface area contributed by atoms with E-state index in [0.717, 1.165) is 38.5 Å². The van der Waals surface area contributed by atoms with Crippen molar-refractivity contribution in [3.05, 3.63) is 59.9 Å². The Bertz CT molecular complexity index is 421. The van der Waals surface area contributed by atoms with Crippen molar-refractivity contribution in [2.24, 2.45) is 0 Å². The van der Waals surface area contributed by atoms with Crippen molar-refractivity contribution in [3.8, 4) is 0 Å². The van der Waals surface area contributed by atoms with E-state index in [1.165, 1.54) is 29.6 Å². The van der Waals surface area contributed by atoms with Gasteiger partial charge in [-0.05, 0) is 78.2 Å². The Kier molecular flexibility index (Phi) is 14.4. The van der Waals surface area contributed by atoms with Crippen LogP contribution >= 0.6 is 0 Å². The van der Waals surface area contributed by atoms with Gasteiger partial charge in [0.25, 0.3) is 0 Å². The molecule has 0 aromatic rings. The summed E-state index contributed by atoms with van der Waals surface area (Å²) in [5.74, 6) is 0. The van der Waals surface area contributed by atoms with Gasteiger partial charge in [0.15, 0.2) is 0 Å². The van der Waals surface area contributed by atoms with Crippen molar-refractivity contribution in [2.75, 3.05) is 7.11 Å². The zero-order chi connectivity index (χ0) is 17.3. The minimum atomic E-state index is 1.06. The van der Waals surface area contributed by atoms with Gasteiger partial charge in [-0.2, -0.15) is 0 Å². The van der Waals surface area contributed by atoms with E-state index in [9.17, 15) is 0 Å². The van der Waals surface area contributed by atoms with Crippen molar-refractivity contribution in [1.82, 2.24) is 0 Å². The fourth-order valence-electron chi connectivity index (χ4n) is 2.32. The van der Waals surface area contributed by atoms with E-state index in [-0.39, 0.29) is 0 Å². The van der Waals surface area contributed by atoms with Crippen LogP contribution in [0.15, 0.2) is 59.9 Å². The van der Waals surface area contributed by atoms with Gasteiger partial charge in [0.05, 0.1) is 13.4 Å². The second-order valence-corrected chi connectivity index (χ2v) is 6.24. The van der Waals surface area contributed by atoms with Crippen LogP contribution < -0.4 is 0 Å². The Balaban J connectivity index is 3.91. The van der Waals surface area contributed by atoms with Crippen LogP contribution in [0.25, 0.3) is 0 Å². The molecule has 0 fully saturated rings. The Labute approximate surface area is 144 Å². The highest BCUT2D eigenvalue weighted by molar-refractivity contribution is 5.06. The smallest absolute Gasteiger partial charge is 0.0784 e. The first kappa shape index (κ1) is 21.5. The maximum absolute atomic E-state index is 4.90. The molecule has 0 saturated heterocycles. The van der Waals surface area contributed by atoms with Crippen molar-refractivity contribution in [1.29, 1.82) is 0 Å². The van der Waals surface area contributed by atoms with Crippen molar-refractivity contribution >= 4 is 0 Å². The number of methoxy groups -OCH3 is 1. The summed E-state index contributed by atoms with van der Waals surface area (Å²) in [5, 5.41) is 0. The first-order valence-electron chi connectivity index (χ1n) is 8.85. The minimum absolute atomic E-state index is 1.06. The molecule has 0 aliphatic carbocycles. The van der Waals surface area contributed by atoms with Crippen molar-refractivity contribution in [2.45, 2.75) is 72.1 Å². The van der Waals surface area contributed by atoms with Gasteiger partial charge in [-0.25, -0.2) is 0 Å². The maximum Gasteiger partial charge on any atom is 0.0784 e. The number of rotatable bonds is 13. The van der Waals surface area contributed by atoms with Gasteiger partial charge in [-0.3, -0.25) is 0 Å². The first-order chi connectivity index (χ1) is 11.1. The summed E-state index contributed by atoms with van der Waals surface area (Å²) in [6.45, 7) is 10.5. The molecule has 1 heteroatoms. The monoisotopic (exact) mass is 316 g/mol. The predicted octanol–water partition coefficient (Wildman–Crippen LogP) is 7.29. The highest BCUT2D eigenvalue weighted by Crippen LogP contribution is 2.13. The SMILES string of the molecule is C=CCC/C=C(\C)CC/C=C(\C)CC/C=C(\C)CC/C=C/OC. The Morgan fingerprint density at radius 3 is 1.70 bits per heavy atom. The molecule has 1 nitrogen and oxygen atoms in total. The van der Waals surface area contributed by atoms with E-state index in [1.54, 1.807) is 13.4 Å². The highest BCUT2D eigenvalue weighted by Gasteiger charge is 1.93. The van der Waals surface area contributed by atoms with Gasteiger partial charge in [-0.1, -0.05) is 41.0 Å². The molecular formula is C22H36O. The summed E-state index contributed by atoms with van der Waals surface area (Å²) < 4.78 is 4.90. The van der Waals surface area contributed by atoms with Crippen LogP contribution in [0.3, 0.4) is 0 Å². The van der Waals surface area contributed by atoms with Crippen LogP contribution in [0.2, 0.25) is 0 Å². The summed E-state index contributed by atoms with van der Waals surface area (Å²) in [4.78, 5) is 0. The fourth-order valence-corrected chi connectivity index (χ4v) is 2.32. The molecular weight excluding hydrogens is 280 g/mol. The van der Waals surface area contributed by atoms with E-state index < -0.39 is 0 Å². The molecule has 130 valence electrons. The molecule has 0 aliphatic rings. The molecule has 0 aromatic carbocycles. The molecule has 0 atom stereocenters. The van der Waals surface area contributed by atoms with E-state index in [1.807, 2.05) is 6.08 Å². The molecule has 0 spiro atoms. The zero-order valence-electron chi connectivity index (χ0n) is 15.7. The fraction of sp³-hybridized carbons (Fsp3) is 0.545. The number of hydrogen-bond donors (Lipinski definition) is 0. The number of hydrogen-bond acceptors (Lipinski definition) is 1. The molecule has 0 aromatic heterocycles. The molecule has 0 heterocycles. The molecule has 0 bridgehead atoms. The van der Waals surface area contributed by atoms with Crippen LogP contribution in [-0.4, -0.2) is 7.11 Å².